The van der Waals surface area contributed by atoms with Gasteiger partial charge in [-0.2, -0.15) is 0 Å². The summed E-state index contributed by atoms with van der Waals surface area (Å²) < 4.78 is 0. The molecule has 2 N–H and O–H groups in total. The molecule has 134 valence electrons. The van der Waals surface area contributed by atoms with Crippen LogP contribution in [0, 0.1) is 11.8 Å². The van der Waals surface area contributed by atoms with Gasteiger partial charge in [-0.25, -0.2) is 0 Å². The second-order valence-corrected chi connectivity index (χ2v) is 7.62. The number of hydrogen-bond acceptors (Lipinski definition) is 2. The first-order valence-electron chi connectivity index (χ1n) is 9.66. The summed E-state index contributed by atoms with van der Waals surface area (Å²) >= 11 is 0. The van der Waals surface area contributed by atoms with E-state index in [0.29, 0.717) is 0 Å². The zero-order chi connectivity index (χ0) is 17.9. The minimum absolute atomic E-state index is 0.157. The molecule has 1 aliphatic heterocycles. The van der Waals surface area contributed by atoms with Crippen molar-refractivity contribution in [1.29, 1.82) is 0 Å². The highest BCUT2D eigenvalue weighted by Gasteiger charge is 2.50. The second-order valence-electron chi connectivity index (χ2n) is 7.62. The van der Waals surface area contributed by atoms with Crippen LogP contribution in [-0.4, -0.2) is 10.7 Å². The summed E-state index contributed by atoms with van der Waals surface area (Å²) in [5.74, 6) is 0.327. The minimum Gasteiger partial charge on any atom is -0.389 e. The summed E-state index contributed by atoms with van der Waals surface area (Å²) in [5.41, 5.74) is 1.86. The third-order valence-corrected chi connectivity index (χ3v) is 6.18. The van der Waals surface area contributed by atoms with Gasteiger partial charge in [-0.05, 0) is 17.5 Å². The average Bonchev–Trinajstić information content (AvgIpc) is 2.66. The fourth-order valence-electron chi connectivity index (χ4n) is 4.48. The molecule has 2 aromatic rings. The molecule has 4 atom stereocenters. The van der Waals surface area contributed by atoms with E-state index in [9.17, 15) is 5.11 Å². The molecule has 0 radical (unpaired) electrons. The van der Waals surface area contributed by atoms with E-state index < -0.39 is 5.60 Å². The lowest BCUT2D eigenvalue weighted by atomic mass is 9.64. The van der Waals surface area contributed by atoms with Crippen molar-refractivity contribution in [3.63, 3.8) is 0 Å². The Hall–Kier alpha value is -1.64. The van der Waals surface area contributed by atoms with Gasteiger partial charge in [0.05, 0.1) is 5.60 Å². The number of unbranched alkanes of at least 4 members (excludes halogenated alkanes) is 1. The summed E-state index contributed by atoms with van der Waals surface area (Å²) in [6.45, 7) is 6.61. The molecule has 3 rings (SSSR count). The normalized spacial score (nSPS) is 32.5. The zero-order valence-electron chi connectivity index (χ0n) is 15.7. The van der Waals surface area contributed by atoms with Crippen LogP contribution in [0.15, 0.2) is 60.7 Å². The molecule has 0 bridgehead atoms. The first-order chi connectivity index (χ1) is 12.1. The van der Waals surface area contributed by atoms with Crippen LogP contribution in [-0.2, 0) is 0 Å². The minimum atomic E-state index is -0.664. The average molecular weight is 338 g/mol. The van der Waals surface area contributed by atoms with Gasteiger partial charge < -0.3 is 10.4 Å². The van der Waals surface area contributed by atoms with Gasteiger partial charge in [0.15, 0.2) is 0 Å². The highest BCUT2D eigenvalue weighted by Crippen LogP contribution is 2.48. The molecule has 0 amide bonds. The van der Waals surface area contributed by atoms with E-state index in [1.165, 1.54) is 11.1 Å². The number of nitrogens with one attached hydrogen (secondary N) is 1. The fourth-order valence-corrected chi connectivity index (χ4v) is 4.48. The molecule has 25 heavy (non-hydrogen) atoms. The van der Waals surface area contributed by atoms with E-state index in [0.717, 1.165) is 19.3 Å². The molecule has 1 saturated heterocycles. The summed E-state index contributed by atoms with van der Waals surface area (Å²) in [4.78, 5) is 0. The molecule has 2 heteroatoms. The Kier molecular flexibility index (Phi) is 5.61. The van der Waals surface area contributed by atoms with Crippen molar-refractivity contribution in [1.82, 2.24) is 5.32 Å². The number of aliphatic hydroxyl groups is 1. The van der Waals surface area contributed by atoms with Gasteiger partial charge in [0, 0.05) is 23.9 Å². The SMILES string of the molecule is CCCCC1(O)[C@@H](C)[C@@H](c2ccccc2)N[C@H](c2ccccc2)[C@@H]1C. The van der Waals surface area contributed by atoms with Gasteiger partial charge >= 0.3 is 0 Å². The van der Waals surface area contributed by atoms with Crippen LogP contribution in [0.1, 0.15) is 63.2 Å². The van der Waals surface area contributed by atoms with Crippen LogP contribution in [0.3, 0.4) is 0 Å². The Labute approximate surface area is 152 Å². The topological polar surface area (TPSA) is 32.3 Å². The summed E-state index contributed by atoms with van der Waals surface area (Å²) in [5, 5.41) is 15.6. The van der Waals surface area contributed by atoms with E-state index in [-0.39, 0.29) is 23.9 Å². The Bertz CT molecular complexity index is 603. The largest absolute Gasteiger partial charge is 0.389 e. The molecule has 1 aliphatic rings. The van der Waals surface area contributed by atoms with Gasteiger partial charge in [-0.3, -0.25) is 0 Å². The van der Waals surface area contributed by atoms with Crippen LogP contribution in [0.2, 0.25) is 0 Å². The number of benzene rings is 2. The van der Waals surface area contributed by atoms with Crippen LogP contribution < -0.4 is 5.32 Å². The lowest BCUT2D eigenvalue weighted by Crippen LogP contribution is -2.57. The predicted molar refractivity (Wildman–Crippen MR) is 104 cm³/mol. The van der Waals surface area contributed by atoms with Crippen LogP contribution in [0.25, 0.3) is 0 Å². The molecule has 2 nitrogen and oxygen atoms in total. The molecule has 0 aliphatic carbocycles. The first-order valence-corrected chi connectivity index (χ1v) is 9.66. The summed E-state index contributed by atoms with van der Waals surface area (Å²) in [7, 11) is 0. The predicted octanol–water partition coefficient (Wildman–Crippen LogP) is 5.27. The first kappa shape index (κ1) is 18.2. The van der Waals surface area contributed by atoms with Crippen molar-refractivity contribution in [2.75, 3.05) is 0 Å². The van der Waals surface area contributed by atoms with Gasteiger partial charge in [0.1, 0.15) is 0 Å². The van der Waals surface area contributed by atoms with Crippen molar-refractivity contribution >= 4 is 0 Å². The maximum Gasteiger partial charge on any atom is 0.0734 e. The van der Waals surface area contributed by atoms with E-state index in [1.807, 2.05) is 0 Å². The monoisotopic (exact) mass is 337 g/mol. The van der Waals surface area contributed by atoms with E-state index in [4.69, 9.17) is 0 Å². The quantitative estimate of drug-likeness (QED) is 0.779. The second kappa shape index (κ2) is 7.72. The Morgan fingerprint density at radius 1 is 0.840 bits per heavy atom. The number of rotatable bonds is 5. The molecule has 2 aromatic carbocycles. The van der Waals surface area contributed by atoms with E-state index in [1.54, 1.807) is 0 Å². The van der Waals surface area contributed by atoms with Gasteiger partial charge in [0.25, 0.3) is 0 Å². The highest BCUT2D eigenvalue weighted by molar-refractivity contribution is 5.27. The maximum absolute atomic E-state index is 11.8. The molecular weight excluding hydrogens is 306 g/mol. The van der Waals surface area contributed by atoms with Crippen LogP contribution in [0.4, 0.5) is 0 Å². The molecular formula is C23H31NO. The van der Waals surface area contributed by atoms with Gasteiger partial charge in [-0.1, -0.05) is 94.3 Å². The Morgan fingerprint density at radius 2 is 1.28 bits per heavy atom. The smallest absolute Gasteiger partial charge is 0.0734 e. The molecule has 0 spiro atoms. The van der Waals surface area contributed by atoms with Crippen molar-refractivity contribution in [3.05, 3.63) is 71.8 Å². The van der Waals surface area contributed by atoms with Crippen molar-refractivity contribution < 1.29 is 5.11 Å². The molecule has 1 fully saturated rings. The van der Waals surface area contributed by atoms with Crippen molar-refractivity contribution in [2.45, 2.75) is 57.7 Å². The molecule has 0 aromatic heterocycles. The van der Waals surface area contributed by atoms with Crippen molar-refractivity contribution in [3.8, 4) is 0 Å². The summed E-state index contributed by atoms with van der Waals surface area (Å²) in [6.07, 6.45) is 3.04. The third kappa shape index (κ3) is 3.51. The van der Waals surface area contributed by atoms with Crippen LogP contribution >= 0.6 is 0 Å². The van der Waals surface area contributed by atoms with Crippen LogP contribution in [0.5, 0.6) is 0 Å². The summed E-state index contributed by atoms with van der Waals surface area (Å²) in [6, 6.07) is 21.5. The van der Waals surface area contributed by atoms with E-state index >= 15 is 0 Å². The fraction of sp³-hybridized carbons (Fsp3) is 0.478. The number of hydrogen-bond donors (Lipinski definition) is 2. The van der Waals surface area contributed by atoms with Crippen molar-refractivity contribution in [2.24, 2.45) is 11.8 Å². The molecule has 0 saturated carbocycles. The third-order valence-electron chi connectivity index (χ3n) is 6.18. The maximum atomic E-state index is 11.8. The van der Waals surface area contributed by atoms with Gasteiger partial charge in [0.2, 0.25) is 0 Å². The molecule has 0 unspecified atom stereocenters. The highest BCUT2D eigenvalue weighted by atomic mass is 16.3. The number of piperidine rings is 1. The zero-order valence-corrected chi connectivity index (χ0v) is 15.7. The lowest BCUT2D eigenvalue weighted by molar-refractivity contribution is -0.117. The molecule has 1 heterocycles. The Balaban J connectivity index is 2.00. The Morgan fingerprint density at radius 3 is 1.68 bits per heavy atom. The van der Waals surface area contributed by atoms with E-state index in [2.05, 4.69) is 86.8 Å². The standard InChI is InChI=1S/C23H31NO/c1-4-5-16-23(25)17(2)21(19-12-8-6-9-13-19)24-22(18(23)3)20-14-10-7-11-15-20/h6-15,17-18,21-22,24-25H,4-5,16H2,1-3H3/t17-,18-,21-,22-/m0/s1. The van der Waals surface area contributed by atoms with Gasteiger partial charge in [-0.15, -0.1) is 0 Å². The lowest BCUT2D eigenvalue weighted by Gasteiger charge is -2.52.